The molecule has 1 aromatic carbocycles. The lowest BCUT2D eigenvalue weighted by Gasteiger charge is -2.34. The maximum absolute atomic E-state index is 13.3. The number of hydrogen-bond donors (Lipinski definition) is 1. The largest absolute Gasteiger partial charge is 0.389 e. The molecule has 1 aromatic rings. The van der Waals surface area contributed by atoms with E-state index in [1.807, 2.05) is 32.9 Å². The van der Waals surface area contributed by atoms with E-state index in [4.69, 9.17) is 9.73 Å². The van der Waals surface area contributed by atoms with Crippen molar-refractivity contribution in [3.05, 3.63) is 34.2 Å². The molecule has 1 aliphatic carbocycles. The number of ether oxygens (including phenoxy) is 1. The highest BCUT2D eigenvalue weighted by Gasteiger charge is 2.48. The van der Waals surface area contributed by atoms with Crippen molar-refractivity contribution in [3.8, 4) is 0 Å². The fourth-order valence-corrected chi connectivity index (χ4v) is 7.93. The van der Waals surface area contributed by atoms with E-state index in [1.165, 1.54) is 16.6 Å². The predicted octanol–water partition coefficient (Wildman–Crippen LogP) is 5.90. The van der Waals surface area contributed by atoms with Gasteiger partial charge in [0.25, 0.3) is 5.91 Å². The van der Waals surface area contributed by atoms with Crippen molar-refractivity contribution >= 4 is 39.4 Å². The molecule has 2 aliphatic heterocycles. The third kappa shape index (κ3) is 8.97. The minimum atomic E-state index is -4.14. The van der Waals surface area contributed by atoms with Crippen molar-refractivity contribution in [1.82, 2.24) is 9.62 Å². The molecule has 0 bridgehead atoms. The van der Waals surface area contributed by atoms with Gasteiger partial charge in [-0.05, 0) is 106 Å². The summed E-state index contributed by atoms with van der Waals surface area (Å²) in [7, 11) is -3.78. The number of carbonyl (C=O) groups is 2. The molecule has 2 fully saturated rings. The average molecular weight is 669 g/mol. The van der Waals surface area contributed by atoms with Gasteiger partial charge in [0, 0.05) is 56.6 Å². The molecule has 46 heavy (non-hydrogen) atoms. The average Bonchev–Trinajstić information content (AvgIpc) is 3.30. The molecule has 2 heterocycles. The fraction of sp³-hybridized carbons (Fsp3) is 0.667. The van der Waals surface area contributed by atoms with Gasteiger partial charge in [-0.15, -0.1) is 0 Å². The second-order valence-corrected chi connectivity index (χ2v) is 14.7. The molecule has 13 heteroatoms. The molecular formula is C33H47F3N4O5S. The number of halogens is 3. The lowest BCUT2D eigenvalue weighted by Crippen LogP contribution is -2.50. The van der Waals surface area contributed by atoms with Crippen molar-refractivity contribution < 1.29 is 35.9 Å². The molecule has 1 saturated heterocycles. The van der Waals surface area contributed by atoms with Crippen LogP contribution in [0.1, 0.15) is 88.3 Å². The Kier molecular flexibility index (Phi) is 11.7. The van der Waals surface area contributed by atoms with Gasteiger partial charge < -0.3 is 15.0 Å². The second kappa shape index (κ2) is 15.0. The normalized spacial score (nSPS) is 22.3. The smallest absolute Gasteiger partial charge is 0.380 e. The first-order valence-electron chi connectivity index (χ1n) is 16.3. The number of aliphatic imine (C=N–C) groups is 1. The van der Waals surface area contributed by atoms with E-state index in [2.05, 4.69) is 5.32 Å². The molecule has 9 nitrogen and oxygen atoms in total. The van der Waals surface area contributed by atoms with E-state index in [1.54, 1.807) is 11.0 Å². The summed E-state index contributed by atoms with van der Waals surface area (Å²) >= 11 is 0. The topological polar surface area (TPSA) is 108 Å². The minimum Gasteiger partial charge on any atom is -0.380 e. The van der Waals surface area contributed by atoms with Crippen LogP contribution in [0.25, 0.3) is 6.08 Å². The van der Waals surface area contributed by atoms with Crippen LogP contribution in [0.3, 0.4) is 0 Å². The summed E-state index contributed by atoms with van der Waals surface area (Å²) in [6.45, 7) is 9.04. The monoisotopic (exact) mass is 668 g/mol. The Hall–Kier alpha value is -2.77. The summed E-state index contributed by atoms with van der Waals surface area (Å²) in [6, 6.07) is 3.74. The zero-order valence-corrected chi connectivity index (χ0v) is 28.1. The number of aryl methyl sites for hydroxylation is 2. The van der Waals surface area contributed by atoms with Crippen molar-refractivity contribution in [3.63, 3.8) is 0 Å². The molecule has 4 rings (SSSR count). The Bertz CT molecular complexity index is 1400. The van der Waals surface area contributed by atoms with Crippen LogP contribution in [0.2, 0.25) is 0 Å². The van der Waals surface area contributed by atoms with E-state index in [0.717, 1.165) is 28.8 Å². The standard InChI is InChI=1S/C33H47F3N4O5S/c1-5-18-45-19-17-40(25(4)41)28-21-23(2)29(24(3)22-28)11-20-46(43,44)39-15-13-32(14-16-39)31(42)37-30(38-32)27-8-6-26(7-9-27)10-12-33(34,35)36/h11,20-22,26-27H,5-10,12-19H2,1-4H3,(H,37,38,42)/b20-11+. The van der Waals surface area contributed by atoms with E-state index in [-0.39, 0.29) is 56.0 Å². The van der Waals surface area contributed by atoms with Crippen LogP contribution in [0.5, 0.6) is 0 Å². The molecule has 0 unspecified atom stereocenters. The number of sulfonamides is 1. The summed E-state index contributed by atoms with van der Waals surface area (Å²) in [5.41, 5.74) is 2.14. The number of nitrogens with one attached hydrogen (secondary N) is 1. The highest BCUT2D eigenvalue weighted by Crippen LogP contribution is 2.38. The molecule has 256 valence electrons. The minimum absolute atomic E-state index is 0.00458. The van der Waals surface area contributed by atoms with Crippen LogP contribution in [0.15, 0.2) is 22.5 Å². The molecule has 1 N–H and O–H groups in total. The quantitative estimate of drug-likeness (QED) is 0.280. The molecular weight excluding hydrogens is 621 g/mol. The Balaban J connectivity index is 1.36. The second-order valence-electron chi connectivity index (χ2n) is 12.9. The Labute approximate surface area is 270 Å². The summed E-state index contributed by atoms with van der Waals surface area (Å²) in [5.74, 6) is 0.304. The number of carbonyl (C=O) groups excluding carboxylic acids is 2. The molecule has 1 spiro atoms. The number of hydrogen-bond acceptors (Lipinski definition) is 6. The van der Waals surface area contributed by atoms with Gasteiger partial charge in [0.1, 0.15) is 11.4 Å². The van der Waals surface area contributed by atoms with Crippen molar-refractivity contribution in [2.75, 3.05) is 37.7 Å². The van der Waals surface area contributed by atoms with Crippen molar-refractivity contribution in [1.29, 1.82) is 0 Å². The fourth-order valence-electron chi connectivity index (χ4n) is 6.76. The van der Waals surface area contributed by atoms with Crippen molar-refractivity contribution in [2.45, 2.75) is 97.2 Å². The summed E-state index contributed by atoms with van der Waals surface area (Å²) in [5, 5.41) is 4.12. The summed E-state index contributed by atoms with van der Waals surface area (Å²) in [4.78, 5) is 31.8. The van der Waals surface area contributed by atoms with Gasteiger partial charge >= 0.3 is 6.18 Å². The van der Waals surface area contributed by atoms with Crippen LogP contribution < -0.4 is 10.2 Å². The third-order valence-corrected chi connectivity index (χ3v) is 11.0. The number of rotatable bonds is 12. The number of piperidine rings is 1. The van der Waals surface area contributed by atoms with E-state index in [9.17, 15) is 31.2 Å². The van der Waals surface area contributed by atoms with Crippen molar-refractivity contribution in [2.24, 2.45) is 16.8 Å². The number of anilines is 1. The van der Waals surface area contributed by atoms with Crippen LogP contribution in [-0.4, -0.2) is 74.9 Å². The maximum Gasteiger partial charge on any atom is 0.389 e. The molecule has 0 aromatic heterocycles. The van der Waals surface area contributed by atoms with Gasteiger partial charge in [-0.25, -0.2) is 8.42 Å². The number of nitrogens with zero attached hydrogens (tertiary/aromatic N) is 3. The van der Waals surface area contributed by atoms with Crippen LogP contribution in [-0.2, 0) is 24.3 Å². The van der Waals surface area contributed by atoms with Crippen LogP contribution >= 0.6 is 0 Å². The summed E-state index contributed by atoms with van der Waals surface area (Å²) < 4.78 is 71.4. The third-order valence-electron chi connectivity index (χ3n) is 9.46. The zero-order valence-electron chi connectivity index (χ0n) is 27.3. The molecule has 2 amide bonds. The highest BCUT2D eigenvalue weighted by molar-refractivity contribution is 7.92. The number of benzene rings is 1. The SMILES string of the molecule is CCCOCCN(C(C)=O)c1cc(C)c(/C=C/S(=O)(=O)N2CCC3(CC2)N=C(C2CCC(CCC(F)(F)F)CC2)NC3=O)c(C)c1. The molecule has 3 aliphatic rings. The van der Waals surface area contributed by atoms with E-state index < -0.39 is 28.2 Å². The highest BCUT2D eigenvalue weighted by atomic mass is 32.2. The predicted molar refractivity (Wildman–Crippen MR) is 173 cm³/mol. The van der Waals surface area contributed by atoms with Gasteiger partial charge in [-0.2, -0.15) is 17.5 Å². The first-order valence-corrected chi connectivity index (χ1v) is 17.8. The lowest BCUT2D eigenvalue weighted by atomic mass is 9.79. The molecule has 0 radical (unpaired) electrons. The van der Waals surface area contributed by atoms with E-state index in [0.29, 0.717) is 51.3 Å². The van der Waals surface area contributed by atoms with Gasteiger partial charge in [0.05, 0.1) is 6.61 Å². The maximum atomic E-state index is 13.3. The van der Waals surface area contributed by atoms with Crippen LogP contribution in [0.4, 0.5) is 18.9 Å². The van der Waals surface area contributed by atoms with Gasteiger partial charge in [-0.3, -0.25) is 14.6 Å². The molecule has 0 atom stereocenters. The first kappa shape index (κ1) is 36.1. The molecule has 1 saturated carbocycles. The zero-order chi connectivity index (χ0) is 33.7. The first-order chi connectivity index (χ1) is 21.6. The van der Waals surface area contributed by atoms with Gasteiger partial charge in [0.2, 0.25) is 15.9 Å². The lowest BCUT2D eigenvalue weighted by molar-refractivity contribution is -0.138. The van der Waals surface area contributed by atoms with E-state index >= 15 is 0 Å². The Morgan fingerprint density at radius 3 is 2.33 bits per heavy atom. The number of amides is 2. The number of alkyl halides is 3. The Morgan fingerprint density at radius 2 is 1.76 bits per heavy atom. The van der Waals surface area contributed by atoms with Gasteiger partial charge in [0.15, 0.2) is 0 Å². The number of amidine groups is 1. The van der Waals surface area contributed by atoms with Gasteiger partial charge in [-0.1, -0.05) is 6.92 Å². The summed E-state index contributed by atoms with van der Waals surface area (Å²) in [6.07, 6.45) is 0.930. The van der Waals surface area contributed by atoms with Crippen LogP contribution in [0, 0.1) is 25.7 Å². The Morgan fingerprint density at radius 1 is 1.13 bits per heavy atom.